The summed E-state index contributed by atoms with van der Waals surface area (Å²) in [5.41, 5.74) is 1.28. The van der Waals surface area contributed by atoms with Crippen LogP contribution in [0.4, 0.5) is 0 Å². The number of halogens is 1. The molecule has 1 saturated heterocycles. The molecule has 1 aliphatic carbocycles. The molecule has 1 aromatic carbocycles. The minimum absolute atomic E-state index is 0.375. The van der Waals surface area contributed by atoms with Crippen molar-refractivity contribution < 1.29 is 9.47 Å². The third-order valence-corrected chi connectivity index (χ3v) is 4.75. The molecule has 0 spiro atoms. The van der Waals surface area contributed by atoms with Gasteiger partial charge in [-0.25, -0.2) is 0 Å². The highest BCUT2D eigenvalue weighted by atomic mass is 79.9. The van der Waals surface area contributed by atoms with E-state index in [0.29, 0.717) is 12.1 Å². The van der Waals surface area contributed by atoms with Crippen LogP contribution in [0.15, 0.2) is 16.6 Å². The van der Waals surface area contributed by atoms with Gasteiger partial charge in [0.05, 0.1) is 13.2 Å². The number of rotatable bonds is 4. The first-order valence-electron chi connectivity index (χ1n) is 7.05. The van der Waals surface area contributed by atoms with Crippen LogP contribution in [0.25, 0.3) is 0 Å². The predicted octanol–water partition coefficient (Wildman–Crippen LogP) is 3.81. The van der Waals surface area contributed by atoms with Gasteiger partial charge in [0.2, 0.25) is 0 Å². The van der Waals surface area contributed by atoms with Crippen LogP contribution in [0.2, 0.25) is 0 Å². The Balaban J connectivity index is 1.88. The number of methoxy groups -OCH3 is 1. The lowest BCUT2D eigenvalue weighted by molar-refractivity contribution is 0.116. The first-order chi connectivity index (χ1) is 9.28. The van der Waals surface area contributed by atoms with Crippen LogP contribution >= 0.6 is 15.9 Å². The lowest BCUT2D eigenvalue weighted by Crippen LogP contribution is -2.25. The van der Waals surface area contributed by atoms with Gasteiger partial charge in [-0.05, 0) is 56.3 Å². The van der Waals surface area contributed by atoms with E-state index in [4.69, 9.17) is 9.47 Å². The summed E-state index contributed by atoms with van der Waals surface area (Å²) >= 11 is 3.65. The standard InChI is InChI=1S/C15H20BrNO2/c1-18-14-9-12(16)11(13-6-3-7-17-13)8-15(14)19-10-4-2-5-10/h8-10,13,17H,2-7H2,1H3. The summed E-state index contributed by atoms with van der Waals surface area (Å²) in [6, 6.07) is 4.61. The van der Waals surface area contributed by atoms with E-state index in [9.17, 15) is 0 Å². The zero-order valence-corrected chi connectivity index (χ0v) is 12.8. The molecule has 2 aliphatic rings. The number of benzene rings is 1. The highest BCUT2D eigenvalue weighted by molar-refractivity contribution is 9.10. The SMILES string of the molecule is COc1cc(Br)c(C2CCCN2)cc1OC1CCC1. The van der Waals surface area contributed by atoms with Gasteiger partial charge in [0.25, 0.3) is 0 Å². The van der Waals surface area contributed by atoms with Crippen molar-refractivity contribution in [3.63, 3.8) is 0 Å². The Morgan fingerprint density at radius 2 is 2.00 bits per heavy atom. The monoisotopic (exact) mass is 325 g/mol. The van der Waals surface area contributed by atoms with Crippen molar-refractivity contribution in [3.05, 3.63) is 22.2 Å². The summed E-state index contributed by atoms with van der Waals surface area (Å²) in [4.78, 5) is 0. The Hall–Kier alpha value is -0.740. The highest BCUT2D eigenvalue weighted by Gasteiger charge is 2.24. The molecule has 0 aromatic heterocycles. The first-order valence-corrected chi connectivity index (χ1v) is 7.84. The second kappa shape index (κ2) is 5.71. The fourth-order valence-electron chi connectivity index (χ4n) is 2.69. The van der Waals surface area contributed by atoms with Gasteiger partial charge in [0.1, 0.15) is 0 Å². The molecular formula is C15H20BrNO2. The summed E-state index contributed by atoms with van der Waals surface area (Å²) in [6.07, 6.45) is 6.41. The molecule has 1 heterocycles. The average Bonchev–Trinajstić information content (AvgIpc) is 2.88. The van der Waals surface area contributed by atoms with E-state index in [2.05, 4.69) is 27.3 Å². The Morgan fingerprint density at radius 3 is 2.58 bits per heavy atom. The zero-order chi connectivity index (χ0) is 13.2. The summed E-state index contributed by atoms with van der Waals surface area (Å²) in [7, 11) is 1.70. The minimum atomic E-state index is 0.375. The summed E-state index contributed by atoms with van der Waals surface area (Å²) in [5, 5.41) is 3.53. The van der Waals surface area contributed by atoms with Crippen LogP contribution in [-0.4, -0.2) is 19.8 Å². The molecule has 0 radical (unpaired) electrons. The molecule has 0 amide bonds. The molecule has 1 N–H and O–H groups in total. The molecule has 3 rings (SSSR count). The summed E-state index contributed by atoms with van der Waals surface area (Å²) in [5.74, 6) is 1.71. The van der Waals surface area contributed by atoms with Gasteiger partial charge in [-0.15, -0.1) is 0 Å². The molecule has 104 valence electrons. The predicted molar refractivity (Wildman–Crippen MR) is 78.9 cm³/mol. The maximum absolute atomic E-state index is 6.05. The topological polar surface area (TPSA) is 30.5 Å². The van der Waals surface area contributed by atoms with Crippen molar-refractivity contribution in [2.24, 2.45) is 0 Å². The quantitative estimate of drug-likeness (QED) is 0.913. The van der Waals surface area contributed by atoms with E-state index < -0.39 is 0 Å². The molecule has 1 unspecified atom stereocenters. The highest BCUT2D eigenvalue weighted by Crippen LogP contribution is 2.40. The fourth-order valence-corrected chi connectivity index (χ4v) is 3.29. The molecule has 1 aliphatic heterocycles. The van der Waals surface area contributed by atoms with Crippen molar-refractivity contribution in [1.29, 1.82) is 0 Å². The maximum atomic E-state index is 6.05. The van der Waals surface area contributed by atoms with Crippen molar-refractivity contribution in [2.45, 2.75) is 44.2 Å². The number of nitrogens with one attached hydrogen (secondary N) is 1. The van der Waals surface area contributed by atoms with E-state index in [1.54, 1.807) is 7.11 Å². The molecule has 2 fully saturated rings. The van der Waals surface area contributed by atoms with Gasteiger partial charge >= 0.3 is 0 Å². The third-order valence-electron chi connectivity index (χ3n) is 4.06. The Bertz CT molecular complexity index is 454. The summed E-state index contributed by atoms with van der Waals surface area (Å²) in [6.45, 7) is 1.10. The molecule has 1 saturated carbocycles. The smallest absolute Gasteiger partial charge is 0.161 e. The van der Waals surface area contributed by atoms with Crippen LogP contribution in [0.5, 0.6) is 11.5 Å². The maximum Gasteiger partial charge on any atom is 0.161 e. The van der Waals surface area contributed by atoms with E-state index in [-0.39, 0.29) is 0 Å². The summed E-state index contributed by atoms with van der Waals surface area (Å²) < 4.78 is 12.6. The van der Waals surface area contributed by atoms with Gasteiger partial charge in [0, 0.05) is 10.5 Å². The van der Waals surface area contributed by atoms with Gasteiger partial charge in [-0.1, -0.05) is 15.9 Å². The molecular weight excluding hydrogens is 306 g/mol. The second-order valence-corrected chi connectivity index (χ2v) is 6.20. The van der Waals surface area contributed by atoms with E-state index in [0.717, 1.165) is 35.4 Å². The van der Waals surface area contributed by atoms with Crippen LogP contribution < -0.4 is 14.8 Å². The minimum Gasteiger partial charge on any atom is -0.493 e. The molecule has 3 nitrogen and oxygen atoms in total. The normalized spacial score (nSPS) is 23.2. The van der Waals surface area contributed by atoms with Crippen molar-refractivity contribution in [3.8, 4) is 11.5 Å². The van der Waals surface area contributed by atoms with Crippen LogP contribution in [0.3, 0.4) is 0 Å². The molecule has 19 heavy (non-hydrogen) atoms. The third kappa shape index (κ3) is 2.75. The lowest BCUT2D eigenvalue weighted by atomic mass is 9.96. The number of ether oxygens (including phenoxy) is 2. The number of hydrogen-bond donors (Lipinski definition) is 1. The van der Waals surface area contributed by atoms with Crippen LogP contribution in [0, 0.1) is 0 Å². The van der Waals surface area contributed by atoms with Gasteiger partial charge in [-0.3, -0.25) is 0 Å². The Morgan fingerprint density at radius 1 is 1.16 bits per heavy atom. The van der Waals surface area contributed by atoms with E-state index in [1.807, 2.05) is 6.07 Å². The molecule has 4 heteroatoms. The Labute approximate surface area is 122 Å². The van der Waals surface area contributed by atoms with Crippen LogP contribution in [-0.2, 0) is 0 Å². The Kier molecular flexibility index (Phi) is 3.99. The average molecular weight is 326 g/mol. The fraction of sp³-hybridized carbons (Fsp3) is 0.600. The second-order valence-electron chi connectivity index (χ2n) is 5.34. The van der Waals surface area contributed by atoms with Crippen LogP contribution in [0.1, 0.15) is 43.7 Å². The van der Waals surface area contributed by atoms with E-state index in [1.165, 1.54) is 24.8 Å². The lowest BCUT2D eigenvalue weighted by Gasteiger charge is -2.28. The molecule has 1 aromatic rings. The largest absolute Gasteiger partial charge is 0.493 e. The first kappa shape index (κ1) is 13.3. The van der Waals surface area contributed by atoms with Gasteiger partial charge in [0.15, 0.2) is 11.5 Å². The molecule has 1 atom stereocenters. The van der Waals surface area contributed by atoms with Crippen molar-refractivity contribution >= 4 is 15.9 Å². The van der Waals surface area contributed by atoms with Gasteiger partial charge < -0.3 is 14.8 Å². The van der Waals surface area contributed by atoms with Gasteiger partial charge in [-0.2, -0.15) is 0 Å². The van der Waals surface area contributed by atoms with E-state index >= 15 is 0 Å². The van der Waals surface area contributed by atoms with Crippen molar-refractivity contribution in [2.75, 3.05) is 13.7 Å². The van der Waals surface area contributed by atoms with Crippen molar-refractivity contribution in [1.82, 2.24) is 5.32 Å². The zero-order valence-electron chi connectivity index (χ0n) is 11.2. The number of hydrogen-bond acceptors (Lipinski definition) is 3. The molecule has 0 bridgehead atoms.